The molecule has 5 nitrogen and oxygen atoms in total. The molecule has 2 aliphatic rings. The molecule has 0 bridgehead atoms. The average Bonchev–Trinajstić information content (AvgIpc) is 2.98. The quantitative estimate of drug-likeness (QED) is 0.737. The van der Waals surface area contributed by atoms with E-state index in [-0.39, 0.29) is 30.1 Å². The van der Waals surface area contributed by atoms with Crippen molar-refractivity contribution in [2.24, 2.45) is 0 Å². The lowest BCUT2D eigenvalue weighted by Gasteiger charge is -2.34. The first kappa shape index (κ1) is 21.5. The predicted molar refractivity (Wildman–Crippen MR) is 118 cm³/mol. The van der Waals surface area contributed by atoms with E-state index >= 15 is 0 Å². The highest BCUT2D eigenvalue weighted by Gasteiger charge is 2.28. The van der Waals surface area contributed by atoms with Crippen molar-refractivity contribution in [3.8, 4) is 11.1 Å². The Morgan fingerprint density at radius 2 is 1.87 bits per heavy atom. The summed E-state index contributed by atoms with van der Waals surface area (Å²) < 4.78 is 13.3. The highest BCUT2D eigenvalue weighted by molar-refractivity contribution is 5.85. The van der Waals surface area contributed by atoms with Crippen LogP contribution in [0.3, 0.4) is 0 Å². The fourth-order valence-electron chi connectivity index (χ4n) is 4.63. The van der Waals surface area contributed by atoms with E-state index in [2.05, 4.69) is 6.07 Å². The van der Waals surface area contributed by atoms with E-state index in [1.54, 1.807) is 17.0 Å². The van der Waals surface area contributed by atoms with E-state index in [0.717, 1.165) is 61.2 Å². The SMILES string of the molecule is Cc1cc(-c2ccc(F)cc2)cc(C2CCCN(C(=O)CN3CCCCCC3=O)C2)n1. The minimum atomic E-state index is -0.251. The van der Waals surface area contributed by atoms with Crippen LogP contribution in [-0.4, -0.2) is 52.8 Å². The van der Waals surface area contributed by atoms with Crippen LogP contribution in [0.4, 0.5) is 4.39 Å². The second-order valence-electron chi connectivity index (χ2n) is 8.73. The molecule has 6 heteroatoms. The van der Waals surface area contributed by atoms with Crippen LogP contribution in [0.15, 0.2) is 36.4 Å². The van der Waals surface area contributed by atoms with Gasteiger partial charge in [0, 0.05) is 43.4 Å². The van der Waals surface area contributed by atoms with Gasteiger partial charge in [0.2, 0.25) is 11.8 Å². The molecule has 1 aromatic carbocycles. The Hall–Kier alpha value is -2.76. The topological polar surface area (TPSA) is 53.5 Å². The molecule has 0 radical (unpaired) electrons. The van der Waals surface area contributed by atoms with Gasteiger partial charge in [-0.3, -0.25) is 14.6 Å². The molecule has 0 N–H and O–H groups in total. The van der Waals surface area contributed by atoms with Crippen LogP contribution in [0, 0.1) is 12.7 Å². The van der Waals surface area contributed by atoms with Crippen LogP contribution >= 0.6 is 0 Å². The van der Waals surface area contributed by atoms with Crippen LogP contribution in [-0.2, 0) is 9.59 Å². The number of likely N-dealkylation sites (tertiary alicyclic amines) is 2. The average molecular weight is 424 g/mol. The maximum atomic E-state index is 13.3. The third-order valence-electron chi connectivity index (χ3n) is 6.34. The molecular formula is C25H30FN3O2. The molecule has 164 valence electrons. The lowest BCUT2D eigenvalue weighted by atomic mass is 9.92. The van der Waals surface area contributed by atoms with E-state index in [4.69, 9.17) is 4.98 Å². The summed E-state index contributed by atoms with van der Waals surface area (Å²) in [5, 5.41) is 0. The number of benzene rings is 1. The lowest BCUT2D eigenvalue weighted by molar-refractivity contribution is -0.140. The molecule has 2 fully saturated rings. The molecule has 2 amide bonds. The molecule has 2 aliphatic heterocycles. The number of rotatable bonds is 4. The third-order valence-corrected chi connectivity index (χ3v) is 6.34. The number of nitrogens with zero attached hydrogens (tertiary/aromatic N) is 3. The number of aryl methyl sites for hydroxylation is 1. The number of hydrogen-bond acceptors (Lipinski definition) is 3. The standard InChI is InChI=1S/C25H30FN3O2/c1-18-14-21(19-8-10-22(26)11-9-19)15-23(27-18)20-6-5-13-28(16-20)25(31)17-29-12-4-2-3-7-24(29)30/h8-11,14-15,20H,2-7,12-13,16-17H2,1H3. The molecular weight excluding hydrogens is 393 g/mol. The Balaban J connectivity index is 1.47. The second-order valence-corrected chi connectivity index (χ2v) is 8.73. The minimum Gasteiger partial charge on any atom is -0.340 e. The van der Waals surface area contributed by atoms with Crippen molar-refractivity contribution in [1.82, 2.24) is 14.8 Å². The number of aromatic nitrogens is 1. The molecule has 0 saturated carbocycles. The predicted octanol–water partition coefficient (Wildman–Crippen LogP) is 4.30. The Morgan fingerprint density at radius 3 is 2.68 bits per heavy atom. The van der Waals surface area contributed by atoms with Gasteiger partial charge in [0.25, 0.3) is 0 Å². The Kier molecular flexibility index (Phi) is 6.64. The van der Waals surface area contributed by atoms with Crippen molar-refractivity contribution in [2.45, 2.75) is 51.4 Å². The van der Waals surface area contributed by atoms with Crippen molar-refractivity contribution in [2.75, 3.05) is 26.2 Å². The summed E-state index contributed by atoms with van der Waals surface area (Å²) in [6.07, 6.45) is 5.40. The van der Waals surface area contributed by atoms with Crippen molar-refractivity contribution < 1.29 is 14.0 Å². The summed E-state index contributed by atoms with van der Waals surface area (Å²) in [5.74, 6) is 0.0470. The highest BCUT2D eigenvalue weighted by Crippen LogP contribution is 2.30. The fraction of sp³-hybridized carbons (Fsp3) is 0.480. The number of carbonyl (C=O) groups is 2. The largest absolute Gasteiger partial charge is 0.340 e. The maximum Gasteiger partial charge on any atom is 0.242 e. The van der Waals surface area contributed by atoms with Gasteiger partial charge in [-0.15, -0.1) is 0 Å². The molecule has 31 heavy (non-hydrogen) atoms. The van der Waals surface area contributed by atoms with E-state index in [9.17, 15) is 14.0 Å². The fourth-order valence-corrected chi connectivity index (χ4v) is 4.63. The normalized spacial score (nSPS) is 19.9. The van der Waals surface area contributed by atoms with E-state index in [1.807, 2.05) is 17.9 Å². The van der Waals surface area contributed by atoms with Crippen molar-refractivity contribution in [3.63, 3.8) is 0 Å². The van der Waals surface area contributed by atoms with Gasteiger partial charge in [-0.05, 0) is 68.0 Å². The molecule has 3 heterocycles. The molecule has 0 spiro atoms. The van der Waals surface area contributed by atoms with Crippen LogP contribution in [0.5, 0.6) is 0 Å². The number of carbonyl (C=O) groups excluding carboxylic acids is 2. The number of pyridine rings is 1. The minimum absolute atomic E-state index is 0.0337. The number of amides is 2. The van der Waals surface area contributed by atoms with Gasteiger partial charge in [-0.1, -0.05) is 18.6 Å². The van der Waals surface area contributed by atoms with Gasteiger partial charge in [0.15, 0.2) is 0 Å². The van der Waals surface area contributed by atoms with Gasteiger partial charge >= 0.3 is 0 Å². The smallest absolute Gasteiger partial charge is 0.242 e. The monoisotopic (exact) mass is 423 g/mol. The highest BCUT2D eigenvalue weighted by atomic mass is 19.1. The number of piperidine rings is 1. The van der Waals surface area contributed by atoms with Crippen molar-refractivity contribution in [3.05, 3.63) is 53.6 Å². The molecule has 4 rings (SSSR count). The molecule has 1 unspecified atom stereocenters. The summed E-state index contributed by atoms with van der Waals surface area (Å²) in [7, 11) is 0. The summed E-state index contributed by atoms with van der Waals surface area (Å²) in [6, 6.07) is 10.6. The first-order valence-electron chi connectivity index (χ1n) is 11.3. The summed E-state index contributed by atoms with van der Waals surface area (Å²) in [5.41, 5.74) is 3.86. The van der Waals surface area contributed by atoms with E-state index in [1.165, 1.54) is 12.1 Å². The van der Waals surface area contributed by atoms with Crippen LogP contribution in [0.25, 0.3) is 11.1 Å². The number of hydrogen-bond donors (Lipinski definition) is 0. The second kappa shape index (κ2) is 9.58. The summed E-state index contributed by atoms with van der Waals surface area (Å²) >= 11 is 0. The van der Waals surface area contributed by atoms with Crippen LogP contribution in [0.2, 0.25) is 0 Å². The van der Waals surface area contributed by atoms with E-state index < -0.39 is 0 Å². The van der Waals surface area contributed by atoms with Gasteiger partial charge in [0.05, 0.1) is 6.54 Å². The lowest BCUT2D eigenvalue weighted by Crippen LogP contribution is -2.46. The first-order chi connectivity index (χ1) is 15.0. The molecule has 0 aliphatic carbocycles. The Morgan fingerprint density at radius 1 is 1.06 bits per heavy atom. The van der Waals surface area contributed by atoms with Crippen molar-refractivity contribution in [1.29, 1.82) is 0 Å². The Labute approximate surface area is 183 Å². The summed E-state index contributed by atoms with van der Waals surface area (Å²) in [4.78, 5) is 33.6. The molecule has 1 atom stereocenters. The van der Waals surface area contributed by atoms with Crippen LogP contribution in [0.1, 0.15) is 55.8 Å². The zero-order chi connectivity index (χ0) is 21.8. The first-order valence-corrected chi connectivity index (χ1v) is 11.3. The number of halogens is 1. The molecule has 2 saturated heterocycles. The zero-order valence-electron chi connectivity index (χ0n) is 18.1. The summed E-state index contributed by atoms with van der Waals surface area (Å²) in [6.45, 7) is 4.19. The van der Waals surface area contributed by atoms with E-state index in [0.29, 0.717) is 19.5 Å². The van der Waals surface area contributed by atoms with Gasteiger partial charge in [-0.25, -0.2) is 4.39 Å². The van der Waals surface area contributed by atoms with Gasteiger partial charge in [-0.2, -0.15) is 0 Å². The Bertz CT molecular complexity index is 944. The maximum absolute atomic E-state index is 13.3. The molecule has 1 aromatic heterocycles. The van der Waals surface area contributed by atoms with Crippen molar-refractivity contribution >= 4 is 11.8 Å². The van der Waals surface area contributed by atoms with Gasteiger partial charge in [0.1, 0.15) is 5.82 Å². The van der Waals surface area contributed by atoms with Crippen LogP contribution < -0.4 is 0 Å². The molecule has 2 aromatic rings. The third kappa shape index (κ3) is 5.30. The zero-order valence-corrected chi connectivity index (χ0v) is 18.1. The van der Waals surface area contributed by atoms with Gasteiger partial charge < -0.3 is 9.80 Å².